The van der Waals surface area contributed by atoms with Crippen LogP contribution in [0.1, 0.15) is 17.2 Å². The lowest BCUT2D eigenvalue weighted by Gasteiger charge is -2.16. The maximum Gasteiger partial charge on any atom is 0.118 e. The van der Waals surface area contributed by atoms with Crippen molar-refractivity contribution in [2.75, 3.05) is 14.2 Å². The van der Waals surface area contributed by atoms with Crippen LogP contribution in [-0.4, -0.2) is 14.2 Å². The molecule has 0 heterocycles. The van der Waals surface area contributed by atoms with Gasteiger partial charge in [-0.25, -0.2) is 0 Å². The van der Waals surface area contributed by atoms with Crippen molar-refractivity contribution in [1.82, 2.24) is 3.53 Å². The largest absolute Gasteiger partial charge is 0.497 e. The monoisotopic (exact) mass is 383 g/mol. The highest BCUT2D eigenvalue weighted by molar-refractivity contribution is 14.1. The van der Waals surface area contributed by atoms with Gasteiger partial charge in [-0.3, -0.25) is 3.53 Å². The molecule has 0 fully saturated rings. The first kappa shape index (κ1) is 15.1. The van der Waals surface area contributed by atoms with Crippen LogP contribution in [0.3, 0.4) is 0 Å². The molecule has 0 aliphatic rings. The number of hydrogen-bond donors (Lipinski definition) is 1. The smallest absolute Gasteiger partial charge is 0.118 e. The number of methoxy groups -OCH3 is 2. The zero-order valence-electron chi connectivity index (χ0n) is 11.6. The van der Waals surface area contributed by atoms with Gasteiger partial charge in [0.2, 0.25) is 0 Å². The minimum Gasteiger partial charge on any atom is -0.497 e. The van der Waals surface area contributed by atoms with Gasteiger partial charge in [0.15, 0.2) is 0 Å². The second-order valence-corrected chi connectivity index (χ2v) is 5.11. The van der Waals surface area contributed by atoms with E-state index in [9.17, 15) is 0 Å². The third-order valence-electron chi connectivity index (χ3n) is 3.25. The maximum atomic E-state index is 5.19. The number of nitrogens with one attached hydrogen (secondary N) is 1. The summed E-state index contributed by atoms with van der Waals surface area (Å²) in [5, 5.41) is 0. The molecule has 2 aromatic carbocycles. The first-order valence-electron chi connectivity index (χ1n) is 6.40. The van der Waals surface area contributed by atoms with Crippen LogP contribution in [0.5, 0.6) is 11.5 Å². The van der Waals surface area contributed by atoms with Crippen molar-refractivity contribution < 1.29 is 9.47 Å². The highest BCUT2D eigenvalue weighted by atomic mass is 127. The number of benzene rings is 2. The van der Waals surface area contributed by atoms with Crippen LogP contribution in [0.4, 0.5) is 0 Å². The van der Waals surface area contributed by atoms with Crippen molar-refractivity contribution in [3.8, 4) is 11.5 Å². The van der Waals surface area contributed by atoms with Gasteiger partial charge < -0.3 is 9.47 Å². The van der Waals surface area contributed by atoms with Gasteiger partial charge in [-0.2, -0.15) is 0 Å². The predicted molar refractivity (Wildman–Crippen MR) is 89.6 cm³/mol. The minimum atomic E-state index is 0.273. The average Bonchev–Trinajstić information content (AvgIpc) is 2.53. The standard InChI is InChI=1S/C16H18INO2/c1-19-14-7-3-12(4-8-14)11-16(18-17)13-5-9-15(20-2)10-6-13/h3-10,16,18H,11H2,1-2H3. The molecule has 0 spiro atoms. The fraction of sp³-hybridized carbons (Fsp3) is 0.250. The van der Waals surface area contributed by atoms with Crippen LogP contribution >= 0.6 is 22.9 Å². The van der Waals surface area contributed by atoms with Crippen molar-refractivity contribution in [3.63, 3.8) is 0 Å². The normalized spacial score (nSPS) is 11.9. The molecule has 0 aliphatic heterocycles. The summed E-state index contributed by atoms with van der Waals surface area (Å²) in [5.74, 6) is 1.77. The lowest BCUT2D eigenvalue weighted by atomic mass is 9.99. The lowest BCUT2D eigenvalue weighted by molar-refractivity contribution is 0.414. The molecule has 0 aromatic heterocycles. The van der Waals surface area contributed by atoms with E-state index >= 15 is 0 Å². The van der Waals surface area contributed by atoms with Crippen LogP contribution in [0.2, 0.25) is 0 Å². The number of rotatable bonds is 6. The van der Waals surface area contributed by atoms with Gasteiger partial charge >= 0.3 is 0 Å². The van der Waals surface area contributed by atoms with E-state index in [4.69, 9.17) is 9.47 Å². The SMILES string of the molecule is COc1ccc(CC(NI)c2ccc(OC)cc2)cc1. The van der Waals surface area contributed by atoms with E-state index in [2.05, 4.69) is 50.7 Å². The molecule has 1 atom stereocenters. The van der Waals surface area contributed by atoms with Crippen molar-refractivity contribution >= 4 is 22.9 Å². The Labute approximate surface area is 133 Å². The molecule has 2 rings (SSSR count). The summed E-state index contributed by atoms with van der Waals surface area (Å²) in [6.07, 6.45) is 0.930. The van der Waals surface area contributed by atoms with Gasteiger partial charge in [0.1, 0.15) is 11.5 Å². The van der Waals surface area contributed by atoms with Crippen molar-refractivity contribution in [2.24, 2.45) is 0 Å². The maximum absolute atomic E-state index is 5.19. The Morgan fingerprint density at radius 2 is 1.40 bits per heavy atom. The summed E-state index contributed by atoms with van der Waals surface area (Å²) in [5.41, 5.74) is 2.52. The van der Waals surface area contributed by atoms with E-state index in [0.29, 0.717) is 0 Å². The van der Waals surface area contributed by atoms with Gasteiger partial charge in [-0.05, 0) is 41.8 Å². The third kappa shape index (κ3) is 3.86. The van der Waals surface area contributed by atoms with E-state index < -0.39 is 0 Å². The van der Waals surface area contributed by atoms with Crippen molar-refractivity contribution in [2.45, 2.75) is 12.5 Å². The summed E-state index contributed by atoms with van der Waals surface area (Å²) in [4.78, 5) is 0. The molecule has 1 unspecified atom stereocenters. The van der Waals surface area contributed by atoms with Gasteiger partial charge in [0.25, 0.3) is 0 Å². The molecule has 0 amide bonds. The summed E-state index contributed by atoms with van der Waals surface area (Å²) >= 11 is 2.21. The van der Waals surface area contributed by atoms with Crippen molar-refractivity contribution in [1.29, 1.82) is 0 Å². The first-order chi connectivity index (χ1) is 9.76. The first-order valence-corrected chi connectivity index (χ1v) is 7.47. The molecule has 0 radical (unpaired) electrons. The molecular formula is C16H18INO2. The summed E-state index contributed by atoms with van der Waals surface area (Å²) in [6, 6.07) is 16.6. The van der Waals surface area contributed by atoms with Crippen LogP contribution in [-0.2, 0) is 6.42 Å². The Balaban J connectivity index is 2.10. The van der Waals surface area contributed by atoms with Gasteiger partial charge in [-0.15, -0.1) is 0 Å². The molecule has 0 bridgehead atoms. The van der Waals surface area contributed by atoms with E-state index in [0.717, 1.165) is 17.9 Å². The lowest BCUT2D eigenvalue weighted by Crippen LogP contribution is -2.13. The highest BCUT2D eigenvalue weighted by Gasteiger charge is 2.11. The Kier molecular flexibility index (Phi) is 5.67. The second kappa shape index (κ2) is 7.50. The zero-order chi connectivity index (χ0) is 14.4. The molecule has 0 saturated carbocycles. The summed E-state index contributed by atoms with van der Waals surface area (Å²) in [7, 11) is 3.36. The highest BCUT2D eigenvalue weighted by Crippen LogP contribution is 2.23. The fourth-order valence-corrected chi connectivity index (χ4v) is 2.63. The van der Waals surface area contributed by atoms with Crippen molar-refractivity contribution in [3.05, 3.63) is 59.7 Å². The van der Waals surface area contributed by atoms with Gasteiger partial charge in [0.05, 0.1) is 14.2 Å². The van der Waals surface area contributed by atoms with E-state index in [1.165, 1.54) is 11.1 Å². The minimum absolute atomic E-state index is 0.273. The van der Waals surface area contributed by atoms with E-state index in [1.807, 2.05) is 24.3 Å². The predicted octanol–water partition coefficient (Wildman–Crippen LogP) is 3.93. The van der Waals surface area contributed by atoms with E-state index in [-0.39, 0.29) is 6.04 Å². The Morgan fingerprint density at radius 1 is 0.900 bits per heavy atom. The van der Waals surface area contributed by atoms with Crippen LogP contribution in [0.15, 0.2) is 48.5 Å². The van der Waals surface area contributed by atoms with Crippen LogP contribution < -0.4 is 13.0 Å². The Hall–Kier alpha value is -1.27. The zero-order valence-corrected chi connectivity index (χ0v) is 13.8. The molecule has 1 N–H and O–H groups in total. The Bertz CT molecular complexity index is 525. The Morgan fingerprint density at radius 3 is 1.85 bits per heavy atom. The molecule has 0 saturated heterocycles. The molecule has 2 aromatic rings. The molecule has 106 valence electrons. The molecule has 3 nitrogen and oxygen atoms in total. The van der Waals surface area contributed by atoms with Gasteiger partial charge in [0, 0.05) is 28.9 Å². The molecular weight excluding hydrogens is 365 g/mol. The van der Waals surface area contributed by atoms with Crippen LogP contribution in [0.25, 0.3) is 0 Å². The molecule has 4 heteroatoms. The number of hydrogen-bond acceptors (Lipinski definition) is 3. The third-order valence-corrected chi connectivity index (χ3v) is 4.00. The number of halogens is 1. The summed E-state index contributed by atoms with van der Waals surface area (Å²) < 4.78 is 13.7. The van der Waals surface area contributed by atoms with Crippen LogP contribution in [0, 0.1) is 0 Å². The fourth-order valence-electron chi connectivity index (χ4n) is 2.05. The van der Waals surface area contributed by atoms with E-state index in [1.54, 1.807) is 14.2 Å². The molecule has 20 heavy (non-hydrogen) atoms. The quantitative estimate of drug-likeness (QED) is 0.606. The second-order valence-electron chi connectivity index (χ2n) is 4.49. The molecule has 0 aliphatic carbocycles. The topological polar surface area (TPSA) is 30.5 Å². The summed E-state index contributed by atoms with van der Waals surface area (Å²) in [6.45, 7) is 0. The number of ether oxygens (including phenoxy) is 2. The van der Waals surface area contributed by atoms with Gasteiger partial charge in [-0.1, -0.05) is 24.3 Å². The average molecular weight is 383 g/mol.